The van der Waals surface area contributed by atoms with Crippen molar-refractivity contribution < 1.29 is 19.5 Å². The minimum Gasteiger partial charge on any atom is -0.480 e. The number of halogens is 1. The molecule has 0 aromatic heterocycles. The van der Waals surface area contributed by atoms with Crippen LogP contribution >= 0.6 is 11.6 Å². The van der Waals surface area contributed by atoms with Crippen LogP contribution in [-0.2, 0) is 20.9 Å². The van der Waals surface area contributed by atoms with Crippen molar-refractivity contribution in [3.8, 4) is 0 Å². The Morgan fingerprint density at radius 2 is 1.81 bits per heavy atom. The van der Waals surface area contributed by atoms with Crippen LogP contribution in [0.25, 0.3) is 0 Å². The molecule has 3 rings (SSSR count). The molecule has 7 heteroatoms. The molecule has 1 aliphatic heterocycles. The molecule has 2 aliphatic rings. The van der Waals surface area contributed by atoms with Crippen molar-refractivity contribution in [2.75, 3.05) is 19.6 Å². The molecule has 1 aliphatic carbocycles. The van der Waals surface area contributed by atoms with Gasteiger partial charge in [0.2, 0.25) is 11.8 Å². The lowest BCUT2D eigenvalue weighted by molar-refractivity contribution is -0.149. The lowest BCUT2D eigenvalue weighted by atomic mass is 9.95. The van der Waals surface area contributed by atoms with E-state index in [4.69, 9.17) is 11.6 Å². The van der Waals surface area contributed by atoms with Crippen molar-refractivity contribution in [2.24, 2.45) is 11.8 Å². The van der Waals surface area contributed by atoms with E-state index in [0.29, 0.717) is 24.5 Å². The van der Waals surface area contributed by atoms with Gasteiger partial charge in [-0.3, -0.25) is 14.4 Å². The monoisotopic (exact) mass is 378 g/mol. The highest BCUT2D eigenvalue weighted by Crippen LogP contribution is 2.32. The number of piperidine rings is 1. The number of carbonyl (C=O) groups excluding carboxylic acids is 2. The van der Waals surface area contributed by atoms with Gasteiger partial charge in [-0.05, 0) is 43.4 Å². The predicted molar refractivity (Wildman–Crippen MR) is 96.5 cm³/mol. The second-order valence-corrected chi connectivity index (χ2v) is 7.55. The molecule has 6 nitrogen and oxygen atoms in total. The van der Waals surface area contributed by atoms with Crippen LogP contribution in [0.4, 0.5) is 0 Å². The molecule has 140 valence electrons. The summed E-state index contributed by atoms with van der Waals surface area (Å²) < 4.78 is 0. The van der Waals surface area contributed by atoms with Crippen molar-refractivity contribution in [1.82, 2.24) is 9.80 Å². The number of aliphatic carboxylic acids is 1. The average Bonchev–Trinajstić information content (AvgIpc) is 3.46. The molecule has 2 amide bonds. The number of likely N-dealkylation sites (tertiary alicyclic amines) is 1. The van der Waals surface area contributed by atoms with E-state index in [1.54, 1.807) is 29.2 Å². The fourth-order valence-electron chi connectivity index (χ4n) is 3.41. The standard InChI is InChI=1S/C19H23ClN2O4/c20-16-7-3-13(4-8-16)10-22(12-17(23)24)19(26)15-2-1-9-21(11-15)18(25)14-5-6-14/h3-4,7-8,14-15H,1-2,5-6,9-12H2,(H,23,24). The van der Waals surface area contributed by atoms with Gasteiger partial charge in [-0.1, -0.05) is 23.7 Å². The van der Waals surface area contributed by atoms with Crippen LogP contribution in [0.1, 0.15) is 31.2 Å². The maximum atomic E-state index is 13.0. The van der Waals surface area contributed by atoms with Gasteiger partial charge in [-0.15, -0.1) is 0 Å². The molecule has 1 atom stereocenters. The quantitative estimate of drug-likeness (QED) is 0.824. The molecule has 1 unspecified atom stereocenters. The molecule has 1 aromatic carbocycles. The zero-order valence-corrected chi connectivity index (χ0v) is 15.3. The summed E-state index contributed by atoms with van der Waals surface area (Å²) in [6, 6.07) is 7.01. The van der Waals surface area contributed by atoms with Crippen LogP contribution in [0.3, 0.4) is 0 Å². The van der Waals surface area contributed by atoms with E-state index in [1.165, 1.54) is 4.90 Å². The van der Waals surface area contributed by atoms with Gasteiger partial charge in [-0.25, -0.2) is 0 Å². The third-order valence-corrected chi connectivity index (χ3v) is 5.19. The number of amides is 2. The Balaban J connectivity index is 1.68. The summed E-state index contributed by atoms with van der Waals surface area (Å²) in [5.41, 5.74) is 0.825. The first-order valence-corrected chi connectivity index (χ1v) is 9.35. The molecule has 0 radical (unpaired) electrons. The number of benzene rings is 1. The molecule has 26 heavy (non-hydrogen) atoms. The summed E-state index contributed by atoms with van der Waals surface area (Å²) in [7, 11) is 0. The van der Waals surface area contributed by atoms with Crippen molar-refractivity contribution >= 4 is 29.4 Å². The number of carboxylic acids is 1. The first-order chi connectivity index (χ1) is 12.4. The van der Waals surface area contributed by atoms with Gasteiger partial charge in [0.05, 0.1) is 5.92 Å². The van der Waals surface area contributed by atoms with Crippen LogP contribution in [0, 0.1) is 11.8 Å². The Morgan fingerprint density at radius 1 is 1.12 bits per heavy atom. The SMILES string of the molecule is O=C(O)CN(Cc1ccc(Cl)cc1)C(=O)C1CCCN(C(=O)C2CC2)C1. The van der Waals surface area contributed by atoms with E-state index in [0.717, 1.165) is 24.8 Å². The van der Waals surface area contributed by atoms with E-state index in [2.05, 4.69) is 0 Å². The number of carboxylic acid groups (broad SMARTS) is 1. The lowest BCUT2D eigenvalue weighted by Gasteiger charge is -2.34. The zero-order valence-electron chi connectivity index (χ0n) is 14.6. The maximum Gasteiger partial charge on any atom is 0.323 e. The Hall–Kier alpha value is -2.08. The molecular formula is C19H23ClN2O4. The summed E-state index contributed by atoms with van der Waals surface area (Å²) in [4.78, 5) is 39.6. The Morgan fingerprint density at radius 3 is 2.42 bits per heavy atom. The van der Waals surface area contributed by atoms with Crippen LogP contribution in [0.5, 0.6) is 0 Å². The number of hydrogen-bond donors (Lipinski definition) is 1. The molecule has 1 N–H and O–H groups in total. The highest BCUT2D eigenvalue weighted by atomic mass is 35.5. The van der Waals surface area contributed by atoms with Crippen molar-refractivity contribution in [3.05, 3.63) is 34.9 Å². The average molecular weight is 379 g/mol. The topological polar surface area (TPSA) is 77.9 Å². The summed E-state index contributed by atoms with van der Waals surface area (Å²) in [5, 5.41) is 9.78. The van der Waals surface area contributed by atoms with E-state index >= 15 is 0 Å². The minimum absolute atomic E-state index is 0.132. The number of rotatable bonds is 6. The van der Waals surface area contributed by atoms with Gasteiger partial charge in [0.1, 0.15) is 6.54 Å². The van der Waals surface area contributed by atoms with Crippen LogP contribution in [-0.4, -0.2) is 52.3 Å². The van der Waals surface area contributed by atoms with E-state index in [-0.39, 0.29) is 36.7 Å². The van der Waals surface area contributed by atoms with Crippen molar-refractivity contribution in [3.63, 3.8) is 0 Å². The number of nitrogens with zero attached hydrogens (tertiary/aromatic N) is 2. The largest absolute Gasteiger partial charge is 0.480 e. The first-order valence-electron chi connectivity index (χ1n) is 8.98. The normalized spacial score (nSPS) is 19.9. The highest BCUT2D eigenvalue weighted by Gasteiger charge is 2.37. The fraction of sp³-hybridized carbons (Fsp3) is 0.526. The first kappa shape index (κ1) is 18.7. The molecule has 1 heterocycles. The Kier molecular flexibility index (Phi) is 5.81. The summed E-state index contributed by atoms with van der Waals surface area (Å²) >= 11 is 5.88. The fourth-order valence-corrected chi connectivity index (χ4v) is 3.54. The Labute approximate surface area is 157 Å². The van der Waals surface area contributed by atoms with Crippen molar-refractivity contribution in [2.45, 2.75) is 32.2 Å². The van der Waals surface area contributed by atoms with Gasteiger partial charge < -0.3 is 14.9 Å². The number of carbonyl (C=O) groups is 3. The second kappa shape index (κ2) is 8.08. The van der Waals surface area contributed by atoms with Gasteiger partial charge in [0.25, 0.3) is 0 Å². The van der Waals surface area contributed by atoms with Gasteiger partial charge >= 0.3 is 5.97 Å². The van der Waals surface area contributed by atoms with E-state index in [9.17, 15) is 19.5 Å². The van der Waals surface area contributed by atoms with E-state index in [1.807, 2.05) is 0 Å². The van der Waals surface area contributed by atoms with Crippen LogP contribution in [0.2, 0.25) is 5.02 Å². The van der Waals surface area contributed by atoms with Gasteiger partial charge in [0, 0.05) is 30.6 Å². The predicted octanol–water partition coefficient (Wildman–Crippen LogP) is 2.40. The summed E-state index contributed by atoms with van der Waals surface area (Å²) in [6.45, 7) is 0.948. The zero-order chi connectivity index (χ0) is 18.7. The van der Waals surface area contributed by atoms with Crippen LogP contribution < -0.4 is 0 Å². The van der Waals surface area contributed by atoms with Crippen LogP contribution in [0.15, 0.2) is 24.3 Å². The third-order valence-electron chi connectivity index (χ3n) is 4.93. The molecule has 0 spiro atoms. The van der Waals surface area contributed by atoms with Crippen molar-refractivity contribution in [1.29, 1.82) is 0 Å². The molecular weight excluding hydrogens is 356 g/mol. The number of hydrogen-bond acceptors (Lipinski definition) is 3. The third kappa shape index (κ3) is 4.75. The molecule has 2 fully saturated rings. The maximum absolute atomic E-state index is 13.0. The van der Waals surface area contributed by atoms with E-state index < -0.39 is 5.97 Å². The molecule has 1 saturated carbocycles. The molecule has 1 aromatic rings. The molecule has 1 saturated heterocycles. The van der Waals surface area contributed by atoms with Gasteiger partial charge in [-0.2, -0.15) is 0 Å². The van der Waals surface area contributed by atoms with Gasteiger partial charge in [0.15, 0.2) is 0 Å². The second-order valence-electron chi connectivity index (χ2n) is 7.11. The lowest BCUT2D eigenvalue weighted by Crippen LogP contribution is -2.48. The minimum atomic E-state index is -1.05. The Bertz CT molecular complexity index is 687. The highest BCUT2D eigenvalue weighted by molar-refractivity contribution is 6.30. The smallest absolute Gasteiger partial charge is 0.323 e. The summed E-state index contributed by atoms with van der Waals surface area (Å²) in [5.74, 6) is -1.30. The molecule has 0 bridgehead atoms. The summed E-state index contributed by atoms with van der Waals surface area (Å²) in [6.07, 6.45) is 3.34.